The number of carbonyl (C=O) groups is 1. The van der Waals surface area contributed by atoms with Crippen LogP contribution in [0.25, 0.3) is 0 Å². The van der Waals surface area contributed by atoms with Crippen molar-refractivity contribution in [1.82, 2.24) is 5.43 Å². The summed E-state index contributed by atoms with van der Waals surface area (Å²) in [6.45, 7) is 4.70. The summed E-state index contributed by atoms with van der Waals surface area (Å²) in [7, 11) is 0. The van der Waals surface area contributed by atoms with Gasteiger partial charge in [0, 0.05) is 16.1 Å². The molecule has 0 saturated carbocycles. The summed E-state index contributed by atoms with van der Waals surface area (Å²) in [6.07, 6.45) is 1.56. The predicted octanol–water partition coefficient (Wildman–Crippen LogP) is 5.39. The van der Waals surface area contributed by atoms with E-state index < -0.39 is 0 Å². The third-order valence-corrected chi connectivity index (χ3v) is 4.67. The molecule has 0 saturated heterocycles. The lowest BCUT2D eigenvalue weighted by molar-refractivity contribution is 0.0955. The monoisotopic (exact) mass is 422 g/mol. The van der Waals surface area contributed by atoms with Crippen LogP contribution in [0.5, 0.6) is 11.5 Å². The minimum absolute atomic E-state index is 0.268. The number of hydrogen-bond donors (Lipinski definition) is 1. The Morgan fingerprint density at radius 3 is 2.53 bits per heavy atom. The second-order valence-electron chi connectivity index (χ2n) is 6.58. The highest BCUT2D eigenvalue weighted by molar-refractivity contribution is 6.31. The first kappa shape index (κ1) is 21.4. The van der Waals surface area contributed by atoms with Crippen molar-refractivity contribution in [3.8, 4) is 11.5 Å². The first-order valence-corrected chi connectivity index (χ1v) is 9.97. The van der Waals surface area contributed by atoms with Crippen LogP contribution in [-0.4, -0.2) is 18.7 Å². The van der Waals surface area contributed by atoms with Crippen LogP contribution < -0.4 is 14.9 Å². The van der Waals surface area contributed by atoms with Gasteiger partial charge in [-0.25, -0.2) is 5.43 Å². The molecule has 5 nitrogen and oxygen atoms in total. The summed E-state index contributed by atoms with van der Waals surface area (Å²) in [5.41, 5.74) is 5.84. The lowest BCUT2D eigenvalue weighted by Gasteiger charge is -2.13. The minimum Gasteiger partial charge on any atom is -0.490 e. The average Bonchev–Trinajstić information content (AvgIpc) is 2.75. The van der Waals surface area contributed by atoms with E-state index in [4.69, 9.17) is 21.1 Å². The van der Waals surface area contributed by atoms with E-state index in [-0.39, 0.29) is 5.91 Å². The molecule has 0 spiro atoms. The molecule has 0 aromatic heterocycles. The molecular formula is C24H23ClN2O3. The van der Waals surface area contributed by atoms with E-state index in [9.17, 15) is 4.79 Å². The van der Waals surface area contributed by atoms with Gasteiger partial charge in [-0.1, -0.05) is 47.5 Å². The van der Waals surface area contributed by atoms with Crippen molar-refractivity contribution in [2.24, 2.45) is 5.10 Å². The summed E-state index contributed by atoms with van der Waals surface area (Å²) in [5.74, 6) is 0.937. The van der Waals surface area contributed by atoms with Crippen LogP contribution in [0.1, 0.15) is 34.0 Å². The van der Waals surface area contributed by atoms with Crippen LogP contribution in [0, 0.1) is 6.92 Å². The van der Waals surface area contributed by atoms with Crippen LogP contribution in [0.3, 0.4) is 0 Å². The van der Waals surface area contributed by atoms with Crippen molar-refractivity contribution in [2.45, 2.75) is 20.5 Å². The number of aryl methyl sites for hydroxylation is 1. The molecule has 0 aliphatic heterocycles. The first-order valence-electron chi connectivity index (χ1n) is 9.60. The van der Waals surface area contributed by atoms with Crippen LogP contribution in [0.15, 0.2) is 71.8 Å². The number of hydrazone groups is 1. The Bertz CT molecular complexity index is 1030. The number of nitrogens with one attached hydrogen (secondary N) is 1. The Kier molecular flexibility index (Phi) is 7.46. The molecule has 0 unspecified atom stereocenters. The van der Waals surface area contributed by atoms with Crippen LogP contribution in [0.4, 0.5) is 0 Å². The molecule has 6 heteroatoms. The number of nitrogens with zero attached hydrogens (tertiary/aromatic N) is 1. The third kappa shape index (κ3) is 5.84. The smallest absolute Gasteiger partial charge is 0.271 e. The van der Waals surface area contributed by atoms with E-state index in [0.717, 1.165) is 16.7 Å². The van der Waals surface area contributed by atoms with Gasteiger partial charge in [0.25, 0.3) is 5.91 Å². The van der Waals surface area contributed by atoms with Crippen LogP contribution in [0.2, 0.25) is 5.02 Å². The SMILES string of the molecule is CCOc1cc(/C=N/NC(=O)c2ccc(C)cc2)ccc1OCc1ccccc1Cl. The second-order valence-corrected chi connectivity index (χ2v) is 6.99. The molecule has 3 aromatic rings. The number of benzene rings is 3. The number of ether oxygens (including phenoxy) is 2. The molecular weight excluding hydrogens is 400 g/mol. The fraction of sp³-hybridized carbons (Fsp3) is 0.167. The Balaban J connectivity index is 1.66. The molecule has 3 rings (SSSR count). The molecule has 0 radical (unpaired) electrons. The number of halogens is 1. The topological polar surface area (TPSA) is 59.9 Å². The normalized spacial score (nSPS) is 10.8. The van der Waals surface area contributed by atoms with Gasteiger partial charge in [0.2, 0.25) is 0 Å². The Morgan fingerprint density at radius 2 is 1.80 bits per heavy atom. The maximum Gasteiger partial charge on any atom is 0.271 e. The van der Waals surface area contributed by atoms with Gasteiger partial charge >= 0.3 is 0 Å². The van der Waals surface area contributed by atoms with E-state index in [1.807, 2.05) is 68.4 Å². The highest BCUT2D eigenvalue weighted by Gasteiger charge is 2.08. The fourth-order valence-corrected chi connectivity index (χ4v) is 2.89. The fourth-order valence-electron chi connectivity index (χ4n) is 2.70. The summed E-state index contributed by atoms with van der Waals surface area (Å²) >= 11 is 6.19. The highest BCUT2D eigenvalue weighted by atomic mass is 35.5. The van der Waals surface area contributed by atoms with Gasteiger partial charge in [-0.05, 0) is 55.8 Å². The minimum atomic E-state index is -0.268. The van der Waals surface area contributed by atoms with E-state index in [0.29, 0.717) is 35.3 Å². The lowest BCUT2D eigenvalue weighted by atomic mass is 10.1. The lowest BCUT2D eigenvalue weighted by Crippen LogP contribution is -2.17. The zero-order valence-corrected chi connectivity index (χ0v) is 17.6. The molecule has 0 heterocycles. The van der Waals surface area contributed by atoms with E-state index in [1.54, 1.807) is 18.3 Å². The third-order valence-electron chi connectivity index (χ3n) is 4.30. The van der Waals surface area contributed by atoms with Gasteiger partial charge in [0.15, 0.2) is 11.5 Å². The quantitative estimate of drug-likeness (QED) is 0.391. The second kappa shape index (κ2) is 10.5. The zero-order chi connectivity index (χ0) is 21.3. The molecule has 30 heavy (non-hydrogen) atoms. The molecule has 0 fully saturated rings. The molecule has 0 aliphatic carbocycles. The van der Waals surface area contributed by atoms with Crippen molar-refractivity contribution in [1.29, 1.82) is 0 Å². The molecule has 3 aromatic carbocycles. The molecule has 1 amide bonds. The van der Waals surface area contributed by atoms with Gasteiger partial charge in [-0.2, -0.15) is 5.10 Å². The molecule has 0 aliphatic rings. The van der Waals surface area contributed by atoms with E-state index in [2.05, 4.69) is 10.5 Å². The highest BCUT2D eigenvalue weighted by Crippen LogP contribution is 2.29. The summed E-state index contributed by atoms with van der Waals surface area (Å²) in [5, 5.41) is 4.69. The van der Waals surface area contributed by atoms with Crippen LogP contribution in [-0.2, 0) is 6.61 Å². The molecule has 1 N–H and O–H groups in total. The number of carbonyl (C=O) groups excluding carboxylic acids is 1. The van der Waals surface area contributed by atoms with Crippen LogP contribution >= 0.6 is 11.6 Å². The van der Waals surface area contributed by atoms with Gasteiger partial charge in [0.05, 0.1) is 12.8 Å². The summed E-state index contributed by atoms with van der Waals surface area (Å²) in [6, 6.07) is 20.3. The number of hydrogen-bond acceptors (Lipinski definition) is 4. The summed E-state index contributed by atoms with van der Waals surface area (Å²) < 4.78 is 11.6. The van der Waals surface area contributed by atoms with Crippen molar-refractivity contribution in [3.05, 3.63) is 94.0 Å². The number of amides is 1. The van der Waals surface area contributed by atoms with Crippen molar-refractivity contribution in [2.75, 3.05) is 6.61 Å². The first-order chi connectivity index (χ1) is 14.6. The summed E-state index contributed by atoms with van der Waals surface area (Å²) in [4.78, 5) is 12.1. The van der Waals surface area contributed by atoms with Gasteiger partial charge in [-0.15, -0.1) is 0 Å². The number of rotatable bonds is 8. The van der Waals surface area contributed by atoms with Gasteiger partial charge < -0.3 is 9.47 Å². The van der Waals surface area contributed by atoms with Gasteiger partial charge in [0.1, 0.15) is 6.61 Å². The molecule has 0 atom stereocenters. The Hall–Kier alpha value is -3.31. The average molecular weight is 423 g/mol. The molecule has 0 bridgehead atoms. The van der Waals surface area contributed by atoms with E-state index >= 15 is 0 Å². The zero-order valence-electron chi connectivity index (χ0n) is 16.9. The largest absolute Gasteiger partial charge is 0.490 e. The van der Waals surface area contributed by atoms with E-state index in [1.165, 1.54) is 0 Å². The Morgan fingerprint density at radius 1 is 1.03 bits per heavy atom. The maximum atomic E-state index is 12.1. The Labute approximate surface area is 181 Å². The van der Waals surface area contributed by atoms with Crippen molar-refractivity contribution in [3.63, 3.8) is 0 Å². The standard InChI is InChI=1S/C24H23ClN2O3/c1-3-29-23-14-18(15-26-27-24(28)19-11-8-17(2)9-12-19)10-13-22(23)30-16-20-6-4-5-7-21(20)25/h4-15H,3,16H2,1-2H3,(H,27,28)/b26-15+. The molecule has 154 valence electrons. The maximum absolute atomic E-state index is 12.1. The predicted molar refractivity (Wildman–Crippen MR) is 120 cm³/mol. The van der Waals surface area contributed by atoms with Crippen molar-refractivity contribution < 1.29 is 14.3 Å². The van der Waals surface area contributed by atoms with Crippen molar-refractivity contribution >= 4 is 23.7 Å². The van der Waals surface area contributed by atoms with Gasteiger partial charge in [-0.3, -0.25) is 4.79 Å².